The molecule has 0 fully saturated rings. The quantitative estimate of drug-likeness (QED) is 0.163. The fraction of sp³-hybridized carbons (Fsp3) is 0.292. The van der Waals surface area contributed by atoms with Gasteiger partial charge in [-0.05, 0) is 44.7 Å². The summed E-state index contributed by atoms with van der Waals surface area (Å²) >= 11 is 6.06. The molecule has 3 rings (SSSR count). The number of phenolic OH excluding ortho intramolecular Hbond substituents is 2. The zero-order valence-corrected chi connectivity index (χ0v) is 20.9. The Morgan fingerprint density at radius 1 is 1.17 bits per heavy atom. The number of methoxy groups -OCH3 is 1. The van der Waals surface area contributed by atoms with Crippen molar-refractivity contribution in [3.05, 3.63) is 47.1 Å². The average Bonchev–Trinajstić information content (AvgIpc) is 3.29. The van der Waals surface area contributed by atoms with Gasteiger partial charge in [-0.15, -0.1) is 0 Å². The summed E-state index contributed by atoms with van der Waals surface area (Å²) < 4.78 is 10.7. The van der Waals surface area contributed by atoms with Gasteiger partial charge >= 0.3 is 0 Å². The van der Waals surface area contributed by atoms with Crippen molar-refractivity contribution < 1.29 is 34.3 Å². The van der Waals surface area contributed by atoms with Crippen molar-refractivity contribution in [1.82, 2.24) is 20.9 Å². The lowest BCUT2D eigenvalue weighted by Crippen LogP contribution is -2.55. The van der Waals surface area contributed by atoms with E-state index >= 15 is 0 Å². The average molecular weight is 519 g/mol. The predicted octanol–water partition coefficient (Wildman–Crippen LogP) is 3.38. The number of phenols is 2. The maximum absolute atomic E-state index is 13.4. The van der Waals surface area contributed by atoms with Gasteiger partial charge < -0.3 is 24.8 Å². The fourth-order valence-corrected chi connectivity index (χ4v) is 3.59. The first kappa shape index (κ1) is 26.8. The molecule has 0 unspecified atom stereocenters. The van der Waals surface area contributed by atoms with E-state index in [4.69, 9.17) is 26.1 Å². The highest BCUT2D eigenvalue weighted by molar-refractivity contribution is 6.32. The Hall–Kier alpha value is -3.80. The molecular weight excluding hydrogens is 492 g/mol. The van der Waals surface area contributed by atoms with E-state index in [9.17, 15) is 19.8 Å². The zero-order valence-electron chi connectivity index (χ0n) is 20.1. The number of hydrogen-bond acceptors (Lipinski definition) is 9. The first-order valence-electron chi connectivity index (χ1n) is 10.8. The van der Waals surface area contributed by atoms with Gasteiger partial charge in [0.05, 0.1) is 28.9 Å². The van der Waals surface area contributed by atoms with Crippen molar-refractivity contribution in [2.45, 2.75) is 25.9 Å². The number of nitrogens with one attached hydrogen (secondary N) is 2. The number of halogens is 1. The van der Waals surface area contributed by atoms with Crippen LogP contribution in [0.5, 0.6) is 17.2 Å². The molecule has 12 heteroatoms. The Morgan fingerprint density at radius 2 is 1.83 bits per heavy atom. The highest BCUT2D eigenvalue weighted by atomic mass is 35.5. The number of nitrogens with zero attached hydrogens (tertiary/aromatic N) is 2. The zero-order chi connectivity index (χ0) is 26.6. The summed E-state index contributed by atoms with van der Waals surface area (Å²) in [5.41, 5.74) is 1.54. The minimum Gasteiger partial charge on any atom is -0.507 e. The van der Waals surface area contributed by atoms with Crippen molar-refractivity contribution >= 4 is 23.4 Å². The molecule has 36 heavy (non-hydrogen) atoms. The van der Waals surface area contributed by atoms with Crippen LogP contribution in [0, 0.1) is 0 Å². The molecule has 0 aliphatic heterocycles. The molecule has 0 spiro atoms. The van der Waals surface area contributed by atoms with E-state index in [0.29, 0.717) is 11.3 Å². The Morgan fingerprint density at radius 3 is 2.44 bits per heavy atom. The number of aromatic nitrogens is 1. The Balaban J connectivity index is 2.03. The van der Waals surface area contributed by atoms with E-state index in [1.165, 1.54) is 13.2 Å². The van der Waals surface area contributed by atoms with E-state index in [2.05, 4.69) is 10.5 Å². The van der Waals surface area contributed by atoms with Crippen molar-refractivity contribution in [3.8, 4) is 39.7 Å². The summed E-state index contributed by atoms with van der Waals surface area (Å²) in [6.45, 7) is 3.72. The lowest BCUT2D eigenvalue weighted by Gasteiger charge is -2.36. The lowest BCUT2D eigenvalue weighted by atomic mass is 9.98. The first-order valence-corrected chi connectivity index (χ1v) is 11.2. The summed E-state index contributed by atoms with van der Waals surface area (Å²) in [4.78, 5) is 26.5. The van der Waals surface area contributed by atoms with E-state index in [1.54, 1.807) is 55.5 Å². The highest BCUT2D eigenvalue weighted by Gasteiger charge is 2.32. The molecule has 5 N–H and O–H groups in total. The van der Waals surface area contributed by atoms with Crippen LogP contribution in [0.25, 0.3) is 22.5 Å². The van der Waals surface area contributed by atoms with Crippen LogP contribution in [-0.2, 0) is 4.79 Å². The van der Waals surface area contributed by atoms with Crippen LogP contribution in [-0.4, -0.2) is 63.7 Å². The van der Waals surface area contributed by atoms with Gasteiger partial charge in [0, 0.05) is 19.0 Å². The molecule has 192 valence electrons. The van der Waals surface area contributed by atoms with Crippen molar-refractivity contribution in [2.24, 2.45) is 0 Å². The van der Waals surface area contributed by atoms with Crippen LogP contribution >= 0.6 is 11.6 Å². The third-order valence-corrected chi connectivity index (χ3v) is 6.07. The van der Waals surface area contributed by atoms with Crippen LogP contribution in [0.2, 0.25) is 5.02 Å². The van der Waals surface area contributed by atoms with Crippen molar-refractivity contribution in [1.29, 1.82) is 0 Å². The molecule has 1 heterocycles. The molecule has 0 aliphatic carbocycles. The van der Waals surface area contributed by atoms with Gasteiger partial charge in [0.2, 0.25) is 5.91 Å². The molecule has 2 aromatic carbocycles. The molecular formula is C24H27ClN4O7. The standard InChI is InChI=1S/C24H27ClN4O7/c1-24(2,29(3)10-9-19(32)27-34)26-23(33)21-20(13-5-7-14(35-4)8-6-13)22(36-28-21)15-11-16(25)18(31)12-17(15)30/h5-8,11-12,30-31,34H,9-10H2,1-4H3,(H,26,33)(H,27,32). The van der Waals surface area contributed by atoms with Crippen LogP contribution in [0.15, 0.2) is 40.9 Å². The Bertz CT molecular complexity index is 1260. The van der Waals surface area contributed by atoms with Gasteiger partial charge in [0.1, 0.15) is 17.2 Å². The van der Waals surface area contributed by atoms with E-state index in [-0.39, 0.29) is 52.1 Å². The summed E-state index contributed by atoms with van der Waals surface area (Å²) in [6, 6.07) is 9.18. The van der Waals surface area contributed by atoms with Crippen molar-refractivity contribution in [2.75, 3.05) is 20.7 Å². The summed E-state index contributed by atoms with van der Waals surface area (Å²) in [5, 5.41) is 35.8. The summed E-state index contributed by atoms with van der Waals surface area (Å²) in [5.74, 6) is -1.12. The number of carbonyl (C=O) groups excluding carboxylic acids is 2. The smallest absolute Gasteiger partial charge is 0.275 e. The number of carbonyl (C=O) groups is 2. The van der Waals surface area contributed by atoms with Crippen molar-refractivity contribution in [3.63, 3.8) is 0 Å². The molecule has 0 saturated carbocycles. The van der Waals surface area contributed by atoms with Crippen LogP contribution in [0.3, 0.4) is 0 Å². The molecule has 0 aliphatic rings. The second-order valence-electron chi connectivity index (χ2n) is 8.50. The highest BCUT2D eigenvalue weighted by Crippen LogP contribution is 2.43. The monoisotopic (exact) mass is 518 g/mol. The maximum atomic E-state index is 13.4. The summed E-state index contributed by atoms with van der Waals surface area (Å²) in [6.07, 6.45) is 0.0123. The molecule has 2 amide bonds. The third-order valence-electron chi connectivity index (χ3n) is 5.77. The lowest BCUT2D eigenvalue weighted by molar-refractivity contribution is -0.129. The molecule has 0 radical (unpaired) electrons. The van der Waals surface area contributed by atoms with E-state index in [1.807, 2.05) is 0 Å². The van der Waals surface area contributed by atoms with Gasteiger partial charge in [-0.1, -0.05) is 28.9 Å². The normalized spacial score (nSPS) is 11.4. The molecule has 0 saturated heterocycles. The minimum absolute atomic E-state index is 0.0123. The predicted molar refractivity (Wildman–Crippen MR) is 131 cm³/mol. The molecule has 0 atom stereocenters. The maximum Gasteiger partial charge on any atom is 0.275 e. The number of benzene rings is 2. The molecule has 3 aromatic rings. The van der Waals surface area contributed by atoms with Gasteiger partial charge in [0.15, 0.2) is 11.5 Å². The Labute approximate surface area is 212 Å². The fourth-order valence-electron chi connectivity index (χ4n) is 3.42. The van der Waals surface area contributed by atoms with Gasteiger partial charge in [-0.2, -0.15) is 0 Å². The van der Waals surface area contributed by atoms with Crippen LogP contribution in [0.1, 0.15) is 30.8 Å². The van der Waals surface area contributed by atoms with E-state index < -0.39 is 17.5 Å². The number of rotatable bonds is 9. The number of ether oxygens (including phenoxy) is 1. The summed E-state index contributed by atoms with van der Waals surface area (Å²) in [7, 11) is 3.23. The second-order valence-corrected chi connectivity index (χ2v) is 8.91. The van der Waals surface area contributed by atoms with Gasteiger partial charge in [-0.3, -0.25) is 19.7 Å². The van der Waals surface area contributed by atoms with Crippen LogP contribution in [0.4, 0.5) is 0 Å². The molecule has 0 bridgehead atoms. The topological polar surface area (TPSA) is 157 Å². The van der Waals surface area contributed by atoms with Gasteiger partial charge in [-0.25, -0.2) is 5.48 Å². The number of hydrogen-bond donors (Lipinski definition) is 5. The van der Waals surface area contributed by atoms with Crippen LogP contribution < -0.4 is 15.5 Å². The molecule has 11 nitrogen and oxygen atoms in total. The largest absolute Gasteiger partial charge is 0.507 e. The second kappa shape index (κ2) is 10.9. The minimum atomic E-state index is -0.924. The Kier molecular flexibility index (Phi) is 8.08. The SMILES string of the molecule is COc1ccc(-c2c(C(=O)NC(C)(C)N(C)CCC(=O)NO)noc2-c2cc(Cl)c(O)cc2O)cc1. The first-order chi connectivity index (χ1) is 17.0. The number of aromatic hydroxyl groups is 2. The number of hydroxylamine groups is 1. The van der Waals surface area contributed by atoms with Gasteiger partial charge in [0.25, 0.3) is 5.91 Å². The van der Waals surface area contributed by atoms with E-state index in [0.717, 1.165) is 6.07 Å². The third kappa shape index (κ3) is 5.70. The number of amides is 2. The molecule has 1 aromatic heterocycles.